The lowest BCUT2D eigenvalue weighted by Gasteiger charge is -2.44. The Balaban J connectivity index is 0.908. The first-order valence-corrected chi connectivity index (χ1v) is 29.9. The Hall–Kier alpha value is -11.5. The van der Waals surface area contributed by atoms with Gasteiger partial charge in [-0.15, -0.1) is 5.10 Å². The van der Waals surface area contributed by atoms with Crippen molar-refractivity contribution < 1.29 is 95.2 Å². The molecular weight excluding hydrogens is 1230 g/mol. The molecule has 0 radical (unpaired) electrons. The highest BCUT2D eigenvalue weighted by Crippen LogP contribution is 2.35. The molecule has 1 aromatic heterocycles. The lowest BCUT2D eigenvalue weighted by atomic mass is 9.97. The summed E-state index contributed by atoms with van der Waals surface area (Å²) in [6.45, 7) is -2.34. The summed E-state index contributed by atoms with van der Waals surface area (Å²) in [6, 6.07) is 63.2. The lowest BCUT2D eigenvalue weighted by molar-refractivity contribution is -0.306. The summed E-state index contributed by atoms with van der Waals surface area (Å²) in [5.74, 6) is -7.09. The Morgan fingerprint density at radius 1 is 0.316 bits per heavy atom. The van der Waals surface area contributed by atoms with Crippen molar-refractivity contribution in [3.8, 4) is 0 Å². The van der Waals surface area contributed by atoms with Gasteiger partial charge in [0.1, 0.15) is 37.8 Å². The van der Waals surface area contributed by atoms with Crippen LogP contribution in [-0.2, 0) is 70.2 Å². The molecule has 8 aromatic carbocycles. The first-order valence-electron chi connectivity index (χ1n) is 29.9. The van der Waals surface area contributed by atoms with Crippen molar-refractivity contribution in [3.05, 3.63) is 299 Å². The van der Waals surface area contributed by atoms with E-state index < -0.39 is 136 Å². The maximum absolute atomic E-state index is 14.2. The maximum atomic E-state index is 14.2. The number of carbonyl (C=O) groups is 8. The van der Waals surface area contributed by atoms with Gasteiger partial charge in [0.15, 0.2) is 42.9 Å². The third-order valence-electron chi connectivity index (χ3n) is 14.8. The molecule has 0 amide bonds. The van der Waals surface area contributed by atoms with Crippen LogP contribution in [0.1, 0.15) is 88.6 Å². The number of nitrogens with zero attached hydrogens (tertiary/aromatic N) is 3. The quantitative estimate of drug-likeness (QED) is 0.0402. The fourth-order valence-electron chi connectivity index (χ4n) is 10.1. The Morgan fingerprint density at radius 2 is 0.568 bits per heavy atom. The number of hydrogen-bond acceptors (Lipinski definition) is 22. The van der Waals surface area contributed by atoms with Crippen LogP contribution in [0.4, 0.5) is 0 Å². The molecule has 2 aliphatic heterocycles. The molecule has 0 bridgehead atoms. The van der Waals surface area contributed by atoms with Crippen LogP contribution in [0, 0.1) is 0 Å². The number of ether oxygens (including phenoxy) is 12. The number of aromatic nitrogens is 3. The van der Waals surface area contributed by atoms with Crippen molar-refractivity contribution in [2.24, 2.45) is 0 Å². The summed E-state index contributed by atoms with van der Waals surface area (Å²) in [4.78, 5) is 112. The van der Waals surface area contributed by atoms with Gasteiger partial charge in [-0.2, -0.15) is 0 Å². The highest BCUT2D eigenvalue weighted by molar-refractivity contribution is 5.93. The molecule has 0 N–H and O–H groups in total. The van der Waals surface area contributed by atoms with E-state index in [1.165, 1.54) is 108 Å². The predicted octanol–water partition coefficient (Wildman–Crippen LogP) is 9.29. The first-order chi connectivity index (χ1) is 46.4. The second kappa shape index (κ2) is 31.7. The summed E-state index contributed by atoms with van der Waals surface area (Å²) in [5, 5.41) is 8.51. The SMILES string of the molecule is O=C(OC[C@H]1O[C@H](OCc2cn(CO[C@H]3O[C@H](COC(=O)c4ccccc4)[C@@H](OC(=O)c4ccccc4)[C@H](OC(=O)c4ccccc4)[C@@H]3OC(=O)c3ccccc3)nn2)[C@@H](OC(=O)c2ccccc2)[C@@H](OC(=O)c2ccccc2)[C@@H]1OC(=O)c1ccccc1)c1ccccc1. The van der Waals surface area contributed by atoms with Gasteiger partial charge in [0.2, 0.25) is 6.29 Å². The molecule has 23 nitrogen and oxygen atoms in total. The highest BCUT2D eigenvalue weighted by atomic mass is 16.8. The minimum atomic E-state index is -1.75. The molecule has 23 heteroatoms. The summed E-state index contributed by atoms with van der Waals surface area (Å²) in [7, 11) is 0. The van der Waals surface area contributed by atoms with Gasteiger partial charge in [-0.25, -0.2) is 43.0 Å². The van der Waals surface area contributed by atoms with E-state index in [1.807, 2.05) is 0 Å². The van der Waals surface area contributed by atoms with Crippen molar-refractivity contribution in [3.63, 3.8) is 0 Å². The minimum absolute atomic E-state index is 0.0673. The largest absolute Gasteiger partial charge is 0.459 e. The predicted molar refractivity (Wildman–Crippen MR) is 331 cm³/mol. The van der Waals surface area contributed by atoms with Crippen LogP contribution in [0.25, 0.3) is 0 Å². The first kappa shape index (κ1) is 65.0. The summed E-state index contributed by atoms with van der Waals surface area (Å²) < 4.78 is 75.7. The van der Waals surface area contributed by atoms with Crippen LogP contribution in [0.15, 0.2) is 249 Å². The normalized spacial score (nSPS) is 20.5. The molecule has 0 saturated carbocycles. The summed E-state index contributed by atoms with van der Waals surface area (Å²) in [5.41, 5.74) is 0.866. The zero-order valence-electron chi connectivity index (χ0n) is 50.3. The van der Waals surface area contributed by atoms with Crippen molar-refractivity contribution in [2.45, 2.75) is 74.7 Å². The number of esters is 8. The van der Waals surface area contributed by atoms with Crippen molar-refractivity contribution >= 4 is 47.8 Å². The third-order valence-corrected chi connectivity index (χ3v) is 14.8. The zero-order chi connectivity index (χ0) is 65.9. The van der Waals surface area contributed by atoms with Crippen LogP contribution >= 0.6 is 0 Å². The van der Waals surface area contributed by atoms with Crippen LogP contribution in [0.3, 0.4) is 0 Å². The molecule has 0 spiro atoms. The van der Waals surface area contributed by atoms with E-state index in [2.05, 4.69) is 10.3 Å². The highest BCUT2D eigenvalue weighted by Gasteiger charge is 2.55. The average Bonchev–Trinajstić information content (AvgIpc) is 0.860. The topological polar surface area (TPSA) is 278 Å². The monoisotopic (exact) mass is 1290 g/mol. The van der Waals surface area contributed by atoms with Gasteiger partial charge < -0.3 is 56.8 Å². The van der Waals surface area contributed by atoms with Gasteiger partial charge in [-0.1, -0.05) is 151 Å². The van der Waals surface area contributed by atoms with Gasteiger partial charge in [-0.05, 0) is 97.1 Å². The van der Waals surface area contributed by atoms with Crippen molar-refractivity contribution in [2.75, 3.05) is 13.2 Å². The number of benzene rings is 8. The smallest absolute Gasteiger partial charge is 0.338 e. The lowest BCUT2D eigenvalue weighted by Crippen LogP contribution is -2.63. The summed E-state index contributed by atoms with van der Waals surface area (Å²) in [6.07, 6.45) is -15.4. The van der Waals surface area contributed by atoms with Gasteiger partial charge in [0.25, 0.3) is 0 Å². The van der Waals surface area contributed by atoms with Gasteiger partial charge in [0.05, 0.1) is 57.3 Å². The van der Waals surface area contributed by atoms with E-state index in [-0.39, 0.29) is 50.2 Å². The second-order valence-corrected chi connectivity index (χ2v) is 21.3. The van der Waals surface area contributed by atoms with Gasteiger partial charge >= 0.3 is 47.8 Å². The molecule has 95 heavy (non-hydrogen) atoms. The molecule has 0 unspecified atom stereocenters. The zero-order valence-corrected chi connectivity index (χ0v) is 50.3. The minimum Gasteiger partial charge on any atom is -0.459 e. The molecule has 2 aliphatic rings. The molecule has 2 fully saturated rings. The van der Waals surface area contributed by atoms with E-state index in [9.17, 15) is 38.4 Å². The number of rotatable bonds is 24. The standard InChI is InChI=1S/C72H59N3O20/c76-63(46-25-9-1-10-26-46)84-43-55-57(90-65(78)48-29-13-3-14-30-48)59(92-67(80)50-33-17-5-18-34-50)61(94-69(82)52-37-21-7-22-38-52)71(88-55)86-42-54-41-75(74-73-54)45-87-72-62(95-70(83)53-39-23-8-24-40-53)60(93-68(81)51-35-19-6-20-36-51)58(91-66(79)49-31-15-4-16-32-49)56(89-72)44-85-64(77)47-27-11-2-12-28-47/h1-41,55-62,71-72H,42-45H2/t55-,56-,57-,58-,59+,60+,61+,62+,71+,72+/m1/s1. The fourth-order valence-corrected chi connectivity index (χ4v) is 10.1. The van der Waals surface area contributed by atoms with Crippen molar-refractivity contribution in [1.82, 2.24) is 15.0 Å². The molecule has 2 saturated heterocycles. The average molecular weight is 1290 g/mol. The van der Waals surface area contributed by atoms with Crippen LogP contribution in [0.2, 0.25) is 0 Å². The second-order valence-electron chi connectivity index (χ2n) is 21.3. The van der Waals surface area contributed by atoms with E-state index in [4.69, 9.17) is 56.8 Å². The Morgan fingerprint density at radius 3 is 0.863 bits per heavy atom. The van der Waals surface area contributed by atoms with Crippen molar-refractivity contribution in [1.29, 1.82) is 0 Å². The van der Waals surface area contributed by atoms with E-state index in [0.29, 0.717) is 0 Å². The Labute approximate surface area is 542 Å². The van der Waals surface area contributed by atoms with Crippen LogP contribution < -0.4 is 0 Å². The molecular formula is C72H59N3O20. The molecule has 9 aromatic rings. The Bertz CT molecular complexity index is 3780. The number of carbonyl (C=O) groups excluding carboxylic acids is 8. The van der Waals surface area contributed by atoms with Crippen LogP contribution in [-0.4, -0.2) is 137 Å². The van der Waals surface area contributed by atoms with E-state index in [0.717, 1.165) is 0 Å². The Kier molecular flexibility index (Phi) is 21.7. The van der Waals surface area contributed by atoms with E-state index >= 15 is 0 Å². The molecule has 10 atom stereocenters. The summed E-state index contributed by atoms with van der Waals surface area (Å²) >= 11 is 0. The maximum Gasteiger partial charge on any atom is 0.338 e. The number of hydrogen-bond donors (Lipinski definition) is 0. The van der Waals surface area contributed by atoms with Gasteiger partial charge in [-0.3, -0.25) is 0 Å². The fraction of sp³-hybridized carbons (Fsp3) is 0.194. The third kappa shape index (κ3) is 17.0. The molecule has 11 rings (SSSR count). The van der Waals surface area contributed by atoms with Gasteiger partial charge in [0, 0.05) is 0 Å². The molecule has 0 aliphatic carbocycles. The molecule has 3 heterocycles. The van der Waals surface area contributed by atoms with E-state index in [1.54, 1.807) is 146 Å². The van der Waals surface area contributed by atoms with Crippen LogP contribution in [0.5, 0.6) is 0 Å². The molecule has 482 valence electrons.